The van der Waals surface area contributed by atoms with Crippen LogP contribution in [0.1, 0.15) is 23.7 Å². The minimum Gasteiger partial charge on any atom is -0.483 e. The van der Waals surface area contributed by atoms with Crippen LogP contribution in [0.5, 0.6) is 5.75 Å². The van der Waals surface area contributed by atoms with E-state index in [0.717, 1.165) is 0 Å². The summed E-state index contributed by atoms with van der Waals surface area (Å²) in [7, 11) is 0. The Morgan fingerprint density at radius 3 is 2.62 bits per heavy atom. The van der Waals surface area contributed by atoms with Gasteiger partial charge in [-0.3, -0.25) is 14.4 Å². The third-order valence-electron chi connectivity index (χ3n) is 2.64. The monoisotopic (exact) mass is 294 g/mol. The van der Waals surface area contributed by atoms with Crippen LogP contribution in [0.4, 0.5) is 0 Å². The minimum atomic E-state index is -0.915. The third kappa shape index (κ3) is 5.94. The van der Waals surface area contributed by atoms with Gasteiger partial charge in [-0.05, 0) is 18.1 Å². The van der Waals surface area contributed by atoms with Gasteiger partial charge in [0.25, 0.3) is 11.8 Å². The van der Waals surface area contributed by atoms with Gasteiger partial charge in [0, 0.05) is 13.0 Å². The lowest BCUT2D eigenvalue weighted by atomic mass is 10.1. The van der Waals surface area contributed by atoms with Crippen LogP contribution in [0.2, 0.25) is 0 Å². The lowest BCUT2D eigenvalue weighted by Gasteiger charge is -2.13. The van der Waals surface area contributed by atoms with Crippen molar-refractivity contribution in [1.29, 1.82) is 0 Å². The normalized spacial score (nSPS) is 11.5. The van der Waals surface area contributed by atoms with Gasteiger partial charge < -0.3 is 20.9 Å². The van der Waals surface area contributed by atoms with Crippen LogP contribution >= 0.6 is 0 Å². The molecule has 0 spiro atoms. The van der Waals surface area contributed by atoms with Crippen LogP contribution in [0.15, 0.2) is 24.3 Å². The van der Waals surface area contributed by atoms with Crippen molar-refractivity contribution in [3.05, 3.63) is 29.8 Å². The van der Waals surface area contributed by atoms with Crippen LogP contribution in [-0.4, -0.2) is 36.0 Å². The zero-order valence-corrected chi connectivity index (χ0v) is 11.7. The van der Waals surface area contributed by atoms with E-state index in [0.29, 0.717) is 0 Å². The molecule has 1 unspecified atom stereocenters. The Bertz CT molecular complexity index is 530. The van der Waals surface area contributed by atoms with E-state index in [1.165, 1.54) is 0 Å². The fraction of sp³-hybridized carbons (Fsp3) is 0.357. The molecule has 0 heterocycles. The number of aliphatic carboxylic acids is 1. The Morgan fingerprint density at radius 2 is 2.00 bits per heavy atom. The first-order valence-electron chi connectivity index (χ1n) is 6.40. The number of carbonyl (C=O) groups excluding carboxylic acids is 2. The van der Waals surface area contributed by atoms with Crippen molar-refractivity contribution in [1.82, 2.24) is 5.32 Å². The second-order valence-electron chi connectivity index (χ2n) is 4.66. The van der Waals surface area contributed by atoms with Crippen molar-refractivity contribution in [2.45, 2.75) is 13.3 Å². The van der Waals surface area contributed by atoms with Gasteiger partial charge in [-0.15, -0.1) is 0 Å². The van der Waals surface area contributed by atoms with E-state index in [2.05, 4.69) is 5.32 Å². The second-order valence-corrected chi connectivity index (χ2v) is 4.66. The predicted octanol–water partition coefficient (Wildman–Crippen LogP) is 0.391. The molecule has 114 valence electrons. The number of benzene rings is 1. The van der Waals surface area contributed by atoms with Gasteiger partial charge in [-0.1, -0.05) is 19.1 Å². The first-order chi connectivity index (χ1) is 9.90. The molecule has 0 bridgehead atoms. The summed E-state index contributed by atoms with van der Waals surface area (Å²) in [5.74, 6) is -1.89. The van der Waals surface area contributed by atoms with Crippen molar-refractivity contribution >= 4 is 17.8 Å². The molecular weight excluding hydrogens is 276 g/mol. The number of primary amides is 1. The summed E-state index contributed by atoms with van der Waals surface area (Å²) in [6.45, 7) is 1.64. The summed E-state index contributed by atoms with van der Waals surface area (Å²) in [4.78, 5) is 33.3. The quantitative estimate of drug-likeness (QED) is 0.641. The highest BCUT2D eigenvalue weighted by atomic mass is 16.5. The molecule has 21 heavy (non-hydrogen) atoms. The Kier molecular flexibility index (Phi) is 6.19. The van der Waals surface area contributed by atoms with Crippen LogP contribution in [0.3, 0.4) is 0 Å². The lowest BCUT2D eigenvalue weighted by Crippen LogP contribution is -2.30. The summed E-state index contributed by atoms with van der Waals surface area (Å²) in [5, 5.41) is 11.3. The summed E-state index contributed by atoms with van der Waals surface area (Å²) in [5.41, 5.74) is 5.26. The van der Waals surface area contributed by atoms with Crippen LogP contribution in [0, 0.1) is 5.92 Å². The molecule has 1 atom stereocenters. The van der Waals surface area contributed by atoms with E-state index in [1.54, 1.807) is 31.2 Å². The highest BCUT2D eigenvalue weighted by Crippen LogP contribution is 2.17. The predicted molar refractivity (Wildman–Crippen MR) is 74.9 cm³/mol. The Balaban J connectivity index is 2.65. The summed E-state index contributed by atoms with van der Waals surface area (Å²) >= 11 is 0. The van der Waals surface area contributed by atoms with Crippen LogP contribution in [0.25, 0.3) is 0 Å². The number of rotatable bonds is 8. The van der Waals surface area contributed by atoms with Gasteiger partial charge in [-0.25, -0.2) is 0 Å². The number of ether oxygens (including phenoxy) is 1. The fourth-order valence-electron chi connectivity index (χ4n) is 1.66. The van der Waals surface area contributed by atoms with Crippen LogP contribution < -0.4 is 15.8 Å². The second kappa shape index (κ2) is 7.88. The van der Waals surface area contributed by atoms with Crippen molar-refractivity contribution < 1.29 is 24.2 Å². The zero-order valence-electron chi connectivity index (χ0n) is 11.7. The molecule has 1 rings (SSSR count). The van der Waals surface area contributed by atoms with Crippen molar-refractivity contribution in [2.75, 3.05) is 13.2 Å². The van der Waals surface area contributed by atoms with Crippen molar-refractivity contribution in [3.63, 3.8) is 0 Å². The van der Waals surface area contributed by atoms with E-state index in [1.807, 2.05) is 0 Å². The smallest absolute Gasteiger partial charge is 0.303 e. The number of carboxylic acid groups (broad SMARTS) is 1. The van der Waals surface area contributed by atoms with Gasteiger partial charge in [0.1, 0.15) is 5.75 Å². The molecular formula is C14H18N2O5. The minimum absolute atomic E-state index is 0.0277. The molecule has 0 aliphatic heterocycles. The molecule has 0 aromatic heterocycles. The first kappa shape index (κ1) is 16.5. The number of para-hydroxylation sites is 1. The average molecular weight is 294 g/mol. The molecule has 0 aliphatic carbocycles. The molecule has 2 amide bonds. The van der Waals surface area contributed by atoms with Gasteiger partial charge in [-0.2, -0.15) is 0 Å². The molecule has 1 aromatic carbocycles. The molecule has 0 saturated heterocycles. The molecule has 4 N–H and O–H groups in total. The standard InChI is InChI=1S/C14H18N2O5/c1-9(6-13(18)19)7-16-14(20)10-4-2-3-5-11(10)21-8-12(15)17/h2-5,9H,6-8H2,1H3,(H2,15,17)(H,16,20)(H,18,19). The molecule has 1 aromatic rings. The molecule has 0 aliphatic rings. The highest BCUT2D eigenvalue weighted by molar-refractivity contribution is 5.97. The molecule has 0 radical (unpaired) electrons. The van der Waals surface area contributed by atoms with E-state index in [4.69, 9.17) is 15.6 Å². The first-order valence-corrected chi connectivity index (χ1v) is 6.40. The van der Waals surface area contributed by atoms with Gasteiger partial charge in [0.05, 0.1) is 5.56 Å². The number of hydrogen-bond acceptors (Lipinski definition) is 4. The number of nitrogens with one attached hydrogen (secondary N) is 1. The van der Waals surface area contributed by atoms with E-state index < -0.39 is 17.8 Å². The largest absolute Gasteiger partial charge is 0.483 e. The number of carbonyl (C=O) groups is 3. The van der Waals surface area contributed by atoms with Crippen molar-refractivity contribution in [3.8, 4) is 5.75 Å². The number of amides is 2. The SMILES string of the molecule is CC(CNC(=O)c1ccccc1OCC(N)=O)CC(=O)O. The van der Waals surface area contributed by atoms with E-state index >= 15 is 0 Å². The zero-order chi connectivity index (χ0) is 15.8. The number of carboxylic acids is 1. The summed E-state index contributed by atoms with van der Waals surface area (Å²) in [6, 6.07) is 6.43. The number of nitrogens with two attached hydrogens (primary N) is 1. The summed E-state index contributed by atoms with van der Waals surface area (Å²) in [6.07, 6.45) is -0.0277. The fourth-order valence-corrected chi connectivity index (χ4v) is 1.66. The topological polar surface area (TPSA) is 119 Å². The molecule has 7 nitrogen and oxygen atoms in total. The van der Waals surface area contributed by atoms with Gasteiger partial charge >= 0.3 is 5.97 Å². The molecule has 7 heteroatoms. The molecule has 0 saturated carbocycles. The van der Waals surface area contributed by atoms with Gasteiger partial charge in [0.15, 0.2) is 6.61 Å². The maximum Gasteiger partial charge on any atom is 0.303 e. The Morgan fingerprint density at radius 1 is 1.33 bits per heavy atom. The summed E-state index contributed by atoms with van der Waals surface area (Å²) < 4.78 is 5.16. The maximum atomic E-state index is 12.0. The van der Waals surface area contributed by atoms with Crippen LogP contribution in [-0.2, 0) is 9.59 Å². The Labute approximate surface area is 122 Å². The maximum absolute atomic E-state index is 12.0. The van der Waals surface area contributed by atoms with E-state index in [9.17, 15) is 14.4 Å². The Hall–Kier alpha value is -2.57. The number of hydrogen-bond donors (Lipinski definition) is 3. The highest BCUT2D eigenvalue weighted by Gasteiger charge is 2.14. The third-order valence-corrected chi connectivity index (χ3v) is 2.64. The van der Waals surface area contributed by atoms with E-state index in [-0.39, 0.29) is 36.8 Å². The lowest BCUT2D eigenvalue weighted by molar-refractivity contribution is -0.137. The van der Waals surface area contributed by atoms with Gasteiger partial charge in [0.2, 0.25) is 0 Å². The average Bonchev–Trinajstić information content (AvgIpc) is 2.42. The van der Waals surface area contributed by atoms with Crippen molar-refractivity contribution in [2.24, 2.45) is 11.7 Å². The molecule has 0 fully saturated rings.